The number of fused-ring (bicyclic) bond motifs is 1. The molecule has 1 heterocycles. The Hall–Kier alpha value is -4.25. The van der Waals surface area contributed by atoms with Gasteiger partial charge >= 0.3 is 6.09 Å². The van der Waals surface area contributed by atoms with Gasteiger partial charge in [-0.15, -0.1) is 6.58 Å². The van der Waals surface area contributed by atoms with Gasteiger partial charge in [0, 0.05) is 19.5 Å². The predicted molar refractivity (Wildman–Crippen MR) is 187 cm³/mol. The molecule has 4 unspecified atom stereocenters. The van der Waals surface area contributed by atoms with Gasteiger partial charge in [-0.3, -0.25) is 19.2 Å². The topological polar surface area (TPSA) is 143 Å². The van der Waals surface area contributed by atoms with Crippen molar-refractivity contribution in [3.63, 3.8) is 0 Å². The molecule has 1 saturated heterocycles. The molecule has 4 atom stereocenters. The fourth-order valence-corrected chi connectivity index (χ4v) is 6.73. The average Bonchev–Trinajstić information content (AvgIpc) is 3.52. The number of hydrogen-bond donors (Lipinski definition) is 3. The van der Waals surface area contributed by atoms with E-state index >= 15 is 0 Å². The highest BCUT2D eigenvalue weighted by molar-refractivity contribution is 6.38. The van der Waals surface area contributed by atoms with Crippen LogP contribution in [0.25, 0.3) is 10.8 Å². The van der Waals surface area contributed by atoms with E-state index in [0.29, 0.717) is 6.42 Å². The van der Waals surface area contributed by atoms with Crippen LogP contribution in [0.2, 0.25) is 0 Å². The van der Waals surface area contributed by atoms with Gasteiger partial charge in [-0.25, -0.2) is 4.79 Å². The summed E-state index contributed by atoms with van der Waals surface area (Å²) >= 11 is 0. The number of amides is 4. The summed E-state index contributed by atoms with van der Waals surface area (Å²) in [5, 5.41) is 10.2. The van der Waals surface area contributed by atoms with Crippen LogP contribution in [0.3, 0.4) is 0 Å². The summed E-state index contributed by atoms with van der Waals surface area (Å²) in [6.45, 7) is 11.2. The molecule has 2 aromatic carbocycles. The largest absolute Gasteiger partial charge is 0.444 e. The van der Waals surface area contributed by atoms with E-state index in [-0.39, 0.29) is 38.5 Å². The third kappa shape index (κ3) is 10.4. The molecule has 2 aliphatic rings. The summed E-state index contributed by atoms with van der Waals surface area (Å²) in [6.07, 6.45) is 5.67. The highest BCUT2D eigenvalue weighted by Crippen LogP contribution is 2.31. The van der Waals surface area contributed by atoms with Gasteiger partial charge in [-0.05, 0) is 62.3 Å². The van der Waals surface area contributed by atoms with Crippen molar-refractivity contribution in [3.05, 3.63) is 60.7 Å². The van der Waals surface area contributed by atoms with Crippen LogP contribution >= 0.6 is 0 Å². The van der Waals surface area contributed by atoms with Crippen LogP contribution in [0.5, 0.6) is 0 Å². The first-order valence-corrected chi connectivity index (χ1v) is 17.5. The first-order chi connectivity index (χ1) is 23.4. The zero-order chi connectivity index (χ0) is 35.6. The van der Waals surface area contributed by atoms with Crippen LogP contribution < -0.4 is 16.0 Å². The quantitative estimate of drug-likeness (QED) is 0.190. The minimum absolute atomic E-state index is 0.116. The molecular formula is C38H52N4O7. The number of alkyl carbamates (subject to hydrolysis) is 1. The SMILES string of the molecule is C=CCNC(=O)C(=O)C(CCC)NC(=O)C1CC(OCc2cccc3ccccc23)CN1C(=O)C(NC(=O)OC(C)(C)C)C1CCCCC1. The maximum atomic E-state index is 14.5. The number of carbonyl (C=O) groups excluding carboxylic acids is 5. The Morgan fingerprint density at radius 1 is 1.00 bits per heavy atom. The van der Waals surface area contributed by atoms with E-state index in [2.05, 4.69) is 22.5 Å². The molecule has 0 bridgehead atoms. The Morgan fingerprint density at radius 3 is 2.41 bits per heavy atom. The molecule has 49 heavy (non-hydrogen) atoms. The van der Waals surface area contributed by atoms with Crippen LogP contribution in [-0.4, -0.2) is 77.4 Å². The number of ketones is 1. The van der Waals surface area contributed by atoms with E-state index in [4.69, 9.17) is 9.47 Å². The first-order valence-electron chi connectivity index (χ1n) is 17.5. The predicted octanol–water partition coefficient (Wildman–Crippen LogP) is 4.96. The highest BCUT2D eigenvalue weighted by atomic mass is 16.6. The van der Waals surface area contributed by atoms with Gasteiger partial charge in [0.15, 0.2) is 0 Å². The molecule has 1 aliphatic carbocycles. The normalized spacial score (nSPS) is 19.5. The maximum Gasteiger partial charge on any atom is 0.408 e. The molecule has 11 heteroatoms. The lowest BCUT2D eigenvalue weighted by Crippen LogP contribution is -2.58. The number of carbonyl (C=O) groups is 5. The first kappa shape index (κ1) is 37.6. The summed E-state index contributed by atoms with van der Waals surface area (Å²) in [4.78, 5) is 68.6. The lowest BCUT2D eigenvalue weighted by molar-refractivity contribution is -0.143. The molecule has 2 fully saturated rings. The lowest BCUT2D eigenvalue weighted by atomic mass is 9.83. The second-order valence-electron chi connectivity index (χ2n) is 14.0. The number of likely N-dealkylation sites (tertiary alicyclic amines) is 1. The second-order valence-corrected chi connectivity index (χ2v) is 14.0. The number of nitrogens with zero attached hydrogens (tertiary/aromatic N) is 1. The monoisotopic (exact) mass is 676 g/mol. The van der Waals surface area contributed by atoms with Crippen LogP contribution in [0, 0.1) is 5.92 Å². The molecule has 1 aliphatic heterocycles. The van der Waals surface area contributed by atoms with Crippen molar-refractivity contribution in [1.29, 1.82) is 0 Å². The zero-order valence-corrected chi connectivity index (χ0v) is 29.3. The third-order valence-electron chi connectivity index (χ3n) is 9.10. The Labute approximate surface area is 289 Å². The number of Topliss-reactive ketones (excluding diaryl/α,β-unsaturated/α-hetero) is 1. The fourth-order valence-electron chi connectivity index (χ4n) is 6.73. The minimum atomic E-state index is -1.07. The molecule has 11 nitrogen and oxygen atoms in total. The molecule has 0 aromatic heterocycles. The fraction of sp³-hybridized carbons (Fsp3) is 0.553. The number of nitrogens with one attached hydrogen (secondary N) is 3. The minimum Gasteiger partial charge on any atom is -0.444 e. The van der Waals surface area contributed by atoms with Crippen LogP contribution in [0.15, 0.2) is 55.1 Å². The number of hydrogen-bond acceptors (Lipinski definition) is 7. The van der Waals surface area contributed by atoms with Gasteiger partial charge in [0.2, 0.25) is 17.6 Å². The van der Waals surface area contributed by atoms with Crippen molar-refractivity contribution in [2.45, 2.75) is 115 Å². The van der Waals surface area contributed by atoms with Crippen molar-refractivity contribution >= 4 is 40.4 Å². The van der Waals surface area contributed by atoms with E-state index in [9.17, 15) is 24.0 Å². The lowest BCUT2D eigenvalue weighted by Gasteiger charge is -2.35. The zero-order valence-electron chi connectivity index (χ0n) is 29.3. The van der Waals surface area contributed by atoms with E-state index in [1.54, 1.807) is 20.8 Å². The summed E-state index contributed by atoms with van der Waals surface area (Å²) < 4.78 is 11.9. The molecule has 0 spiro atoms. The van der Waals surface area contributed by atoms with Gasteiger partial charge in [-0.1, -0.05) is 81.1 Å². The van der Waals surface area contributed by atoms with Crippen LogP contribution in [0.1, 0.15) is 84.6 Å². The van der Waals surface area contributed by atoms with Crippen LogP contribution in [0.4, 0.5) is 4.79 Å². The molecule has 3 N–H and O–H groups in total. The third-order valence-corrected chi connectivity index (χ3v) is 9.10. The summed E-state index contributed by atoms with van der Waals surface area (Å²) in [5.74, 6) is -2.64. The molecular weight excluding hydrogens is 624 g/mol. The average molecular weight is 677 g/mol. The second kappa shape index (κ2) is 17.4. The van der Waals surface area contributed by atoms with Crippen LogP contribution in [-0.2, 0) is 35.3 Å². The van der Waals surface area contributed by atoms with Gasteiger partial charge in [-0.2, -0.15) is 0 Å². The summed E-state index contributed by atoms with van der Waals surface area (Å²) in [5.41, 5.74) is 0.217. The molecule has 4 rings (SSSR count). The van der Waals surface area contributed by atoms with E-state index in [1.807, 2.05) is 49.4 Å². The van der Waals surface area contributed by atoms with Crippen molar-refractivity contribution in [2.24, 2.45) is 5.92 Å². The molecule has 1 saturated carbocycles. The van der Waals surface area contributed by atoms with Crippen molar-refractivity contribution in [3.8, 4) is 0 Å². The molecule has 266 valence electrons. The van der Waals surface area contributed by atoms with Gasteiger partial charge in [0.1, 0.15) is 17.7 Å². The maximum absolute atomic E-state index is 14.5. The standard InChI is InChI=1S/C38H52N4O7/c1-6-14-30(33(43)35(45)39-21-7-2)40-34(44)31-22-28(48-24-27-19-13-18-25-15-11-12-20-29(25)27)23-42(31)36(46)32(26-16-9-8-10-17-26)41-37(47)49-38(3,4)5/h7,11-13,15,18-20,26,28,30-32H,2,6,8-10,14,16-17,21-24H2,1,3-5H3,(H,39,45)(H,40,44)(H,41,47). The summed E-state index contributed by atoms with van der Waals surface area (Å²) in [7, 11) is 0. The Bertz CT molecular complexity index is 1490. The number of benzene rings is 2. The smallest absolute Gasteiger partial charge is 0.408 e. The number of rotatable bonds is 14. The van der Waals surface area contributed by atoms with Gasteiger partial charge < -0.3 is 30.3 Å². The summed E-state index contributed by atoms with van der Waals surface area (Å²) in [6, 6.07) is 11.0. The molecule has 4 amide bonds. The number of ether oxygens (including phenoxy) is 2. The van der Waals surface area contributed by atoms with E-state index in [1.165, 1.54) is 11.0 Å². The molecule has 2 aromatic rings. The Balaban J connectivity index is 1.60. The van der Waals surface area contributed by atoms with Crippen molar-refractivity contribution < 1.29 is 33.4 Å². The van der Waals surface area contributed by atoms with E-state index in [0.717, 1.165) is 48.4 Å². The Kier molecular flexibility index (Phi) is 13.4. The Morgan fingerprint density at radius 2 is 1.71 bits per heavy atom. The van der Waals surface area contributed by atoms with E-state index < -0.39 is 59.4 Å². The van der Waals surface area contributed by atoms with Crippen molar-refractivity contribution in [1.82, 2.24) is 20.9 Å². The highest BCUT2D eigenvalue weighted by Gasteiger charge is 2.45. The molecule has 0 radical (unpaired) electrons. The van der Waals surface area contributed by atoms with Gasteiger partial charge in [0.05, 0.1) is 18.8 Å². The van der Waals surface area contributed by atoms with Crippen molar-refractivity contribution in [2.75, 3.05) is 13.1 Å². The van der Waals surface area contributed by atoms with Gasteiger partial charge in [0.25, 0.3) is 5.91 Å².